The van der Waals surface area contributed by atoms with Gasteiger partial charge in [-0.1, -0.05) is 366 Å². The molecule has 474 valence electrons. The Labute approximate surface area is 501 Å². The maximum absolute atomic E-state index is 12.5. The van der Waals surface area contributed by atoms with Crippen molar-refractivity contribution in [1.82, 2.24) is 5.32 Å². The van der Waals surface area contributed by atoms with Gasteiger partial charge >= 0.3 is 5.97 Å². The molecule has 2 atom stereocenters. The van der Waals surface area contributed by atoms with Crippen LogP contribution in [0.1, 0.15) is 412 Å². The Morgan fingerprint density at radius 3 is 0.887 bits per heavy atom. The lowest BCUT2D eigenvalue weighted by atomic mass is 10.0. The highest BCUT2D eigenvalue weighted by Gasteiger charge is 2.18. The number of hydrogen-bond donors (Lipinski definition) is 3. The van der Waals surface area contributed by atoms with Crippen molar-refractivity contribution in [2.45, 2.75) is 424 Å². The lowest BCUT2D eigenvalue weighted by molar-refractivity contribution is -0.143. The summed E-state index contributed by atoms with van der Waals surface area (Å²) in [5.74, 6) is -0.0400. The van der Waals surface area contributed by atoms with Gasteiger partial charge in [-0.3, -0.25) is 9.59 Å². The lowest BCUT2D eigenvalue weighted by Crippen LogP contribution is -2.45. The van der Waals surface area contributed by atoms with Crippen LogP contribution >= 0.6 is 0 Å². The van der Waals surface area contributed by atoms with E-state index in [1.165, 1.54) is 347 Å². The molecule has 0 aromatic carbocycles. The van der Waals surface area contributed by atoms with E-state index in [0.29, 0.717) is 19.4 Å². The summed E-state index contributed by atoms with van der Waals surface area (Å²) in [6, 6.07) is -0.624. The van der Waals surface area contributed by atoms with Gasteiger partial charge in [0.05, 0.1) is 25.4 Å². The van der Waals surface area contributed by atoms with Crippen LogP contribution in [0.2, 0.25) is 0 Å². The number of amides is 1. The Balaban J connectivity index is 3.33. The molecule has 0 aliphatic rings. The Hall–Kier alpha value is -1.66. The molecule has 0 saturated carbocycles. The van der Waals surface area contributed by atoms with Crippen LogP contribution in [0.5, 0.6) is 0 Å². The number of allylic oxidation sites excluding steroid dienone is 3. The predicted octanol–water partition coefficient (Wildman–Crippen LogP) is 23.7. The summed E-state index contributed by atoms with van der Waals surface area (Å²) in [7, 11) is 0. The topological polar surface area (TPSA) is 95.9 Å². The lowest BCUT2D eigenvalue weighted by Gasteiger charge is -2.20. The fourth-order valence-corrected chi connectivity index (χ4v) is 11.6. The molecule has 0 radical (unpaired) electrons. The zero-order valence-corrected chi connectivity index (χ0v) is 54.3. The molecule has 0 rings (SSSR count). The molecule has 6 heteroatoms. The number of hydrogen-bond acceptors (Lipinski definition) is 5. The van der Waals surface area contributed by atoms with E-state index in [9.17, 15) is 19.8 Å². The van der Waals surface area contributed by atoms with E-state index in [1.54, 1.807) is 6.08 Å². The van der Waals surface area contributed by atoms with Gasteiger partial charge < -0.3 is 20.3 Å². The average Bonchev–Trinajstić information content (AvgIpc) is 3.46. The molecule has 0 aliphatic heterocycles. The first-order valence-corrected chi connectivity index (χ1v) is 36.6. The standard InChI is InChI=1S/C74H143NO5/c1-3-5-7-9-11-13-15-17-18-36-40-44-48-52-56-60-64-68-74(79)80-69-65-61-57-53-49-45-41-38-35-33-31-29-27-25-23-21-19-20-22-24-26-28-30-32-34-37-39-43-47-51-55-59-63-67-73(78)75-71(70-76)72(77)66-62-58-54-50-46-42-16-14-12-10-8-6-4-2/h23,25,62,66,71-72,76-77H,3-22,24,26-61,63-65,67-70H2,1-2H3,(H,75,78)/b25-23-,66-62+. The van der Waals surface area contributed by atoms with Crippen molar-refractivity contribution in [3.8, 4) is 0 Å². The second-order valence-electron chi connectivity index (χ2n) is 25.3. The van der Waals surface area contributed by atoms with Crippen LogP contribution in [0.15, 0.2) is 24.3 Å². The van der Waals surface area contributed by atoms with Gasteiger partial charge in [-0.2, -0.15) is 0 Å². The monoisotopic (exact) mass is 1130 g/mol. The first kappa shape index (κ1) is 78.3. The van der Waals surface area contributed by atoms with E-state index in [-0.39, 0.29) is 18.5 Å². The van der Waals surface area contributed by atoms with E-state index in [4.69, 9.17) is 4.74 Å². The molecule has 0 fully saturated rings. The number of nitrogens with one attached hydrogen (secondary N) is 1. The quantitative estimate of drug-likeness (QED) is 0.0320. The van der Waals surface area contributed by atoms with Crippen molar-refractivity contribution in [3.05, 3.63) is 24.3 Å². The van der Waals surface area contributed by atoms with Gasteiger partial charge in [0.25, 0.3) is 0 Å². The van der Waals surface area contributed by atoms with Crippen molar-refractivity contribution < 1.29 is 24.5 Å². The minimum atomic E-state index is -0.841. The number of carbonyl (C=O) groups is 2. The summed E-state index contributed by atoms with van der Waals surface area (Å²) in [5, 5.41) is 23.1. The summed E-state index contributed by atoms with van der Waals surface area (Å²) in [4.78, 5) is 24.6. The minimum absolute atomic E-state index is 0.0231. The smallest absolute Gasteiger partial charge is 0.305 e. The van der Waals surface area contributed by atoms with Gasteiger partial charge in [0.15, 0.2) is 0 Å². The number of aliphatic hydroxyl groups excluding tert-OH is 2. The summed E-state index contributed by atoms with van der Waals surface area (Å²) < 4.78 is 5.51. The molecular weight excluding hydrogens is 983 g/mol. The third-order valence-corrected chi connectivity index (χ3v) is 17.2. The van der Waals surface area contributed by atoms with Crippen molar-refractivity contribution >= 4 is 11.9 Å². The van der Waals surface area contributed by atoms with Crippen LogP contribution < -0.4 is 5.32 Å². The Morgan fingerprint density at radius 2 is 0.588 bits per heavy atom. The largest absolute Gasteiger partial charge is 0.466 e. The van der Waals surface area contributed by atoms with Crippen molar-refractivity contribution in [2.24, 2.45) is 0 Å². The first-order chi connectivity index (χ1) is 39.5. The summed E-state index contributed by atoms with van der Waals surface area (Å²) in [5.41, 5.74) is 0. The van der Waals surface area contributed by atoms with Gasteiger partial charge in [-0.05, 0) is 57.8 Å². The first-order valence-electron chi connectivity index (χ1n) is 36.6. The average molecular weight is 1130 g/mol. The highest BCUT2D eigenvalue weighted by atomic mass is 16.5. The number of esters is 1. The SMILES string of the molecule is CCCCCCCCCCCCC/C=C/C(O)C(CO)NC(=O)CCCCCCCCCCCCCCCCCCC/C=C\CCCCCCCCCCCCCCOC(=O)CCCCCCCCCCCCCCCCCCC. The number of rotatable bonds is 69. The summed E-state index contributed by atoms with van der Waals surface area (Å²) >= 11 is 0. The molecule has 0 aromatic rings. The summed E-state index contributed by atoms with van der Waals surface area (Å²) in [6.07, 6.45) is 88.5. The van der Waals surface area contributed by atoms with Crippen molar-refractivity contribution in [3.63, 3.8) is 0 Å². The maximum atomic E-state index is 12.5. The van der Waals surface area contributed by atoms with E-state index < -0.39 is 12.1 Å². The predicted molar refractivity (Wildman–Crippen MR) is 352 cm³/mol. The maximum Gasteiger partial charge on any atom is 0.305 e. The number of unbranched alkanes of at least 4 members (excludes halogenated alkanes) is 56. The van der Waals surface area contributed by atoms with Crippen LogP contribution in [-0.4, -0.2) is 47.4 Å². The number of ether oxygens (including phenoxy) is 1. The van der Waals surface area contributed by atoms with Gasteiger partial charge in [0.1, 0.15) is 0 Å². The van der Waals surface area contributed by atoms with Crippen LogP contribution in [0.3, 0.4) is 0 Å². The normalized spacial score (nSPS) is 12.6. The fraction of sp³-hybridized carbons (Fsp3) is 0.919. The molecule has 3 N–H and O–H groups in total. The molecule has 0 saturated heterocycles. The zero-order chi connectivity index (χ0) is 57.8. The molecular formula is C74H143NO5. The molecule has 0 aliphatic carbocycles. The molecule has 1 amide bonds. The van der Waals surface area contributed by atoms with Crippen molar-refractivity contribution in [2.75, 3.05) is 13.2 Å². The Kier molecular flexibility index (Phi) is 68.4. The second-order valence-corrected chi connectivity index (χ2v) is 25.3. The number of aliphatic hydroxyl groups is 2. The Morgan fingerprint density at radius 1 is 0.338 bits per heavy atom. The van der Waals surface area contributed by atoms with E-state index in [2.05, 4.69) is 31.3 Å². The molecule has 0 heterocycles. The van der Waals surface area contributed by atoms with Crippen LogP contribution in [0.25, 0.3) is 0 Å². The fourth-order valence-electron chi connectivity index (χ4n) is 11.6. The second kappa shape index (κ2) is 69.8. The summed E-state index contributed by atoms with van der Waals surface area (Å²) in [6.45, 7) is 4.94. The van der Waals surface area contributed by atoms with Gasteiger partial charge in [0, 0.05) is 12.8 Å². The molecule has 6 nitrogen and oxygen atoms in total. The molecule has 0 bridgehead atoms. The van der Waals surface area contributed by atoms with E-state index in [0.717, 1.165) is 38.5 Å². The zero-order valence-electron chi connectivity index (χ0n) is 54.3. The minimum Gasteiger partial charge on any atom is -0.466 e. The molecule has 0 spiro atoms. The third-order valence-electron chi connectivity index (χ3n) is 17.2. The van der Waals surface area contributed by atoms with Gasteiger partial charge in [-0.25, -0.2) is 0 Å². The molecule has 80 heavy (non-hydrogen) atoms. The van der Waals surface area contributed by atoms with Crippen LogP contribution in [-0.2, 0) is 14.3 Å². The van der Waals surface area contributed by atoms with Crippen LogP contribution in [0.4, 0.5) is 0 Å². The highest BCUT2D eigenvalue weighted by molar-refractivity contribution is 5.76. The highest BCUT2D eigenvalue weighted by Crippen LogP contribution is 2.19. The van der Waals surface area contributed by atoms with Crippen LogP contribution in [0, 0.1) is 0 Å². The van der Waals surface area contributed by atoms with Gasteiger partial charge in [-0.15, -0.1) is 0 Å². The van der Waals surface area contributed by atoms with Gasteiger partial charge in [0.2, 0.25) is 5.91 Å². The number of carbonyl (C=O) groups excluding carboxylic acids is 2. The molecule has 2 unspecified atom stereocenters. The molecule has 0 aromatic heterocycles. The van der Waals surface area contributed by atoms with E-state index >= 15 is 0 Å². The van der Waals surface area contributed by atoms with E-state index in [1.807, 2.05) is 6.08 Å². The Bertz CT molecular complexity index is 1250. The third kappa shape index (κ3) is 65.5. The van der Waals surface area contributed by atoms with Crippen molar-refractivity contribution in [1.29, 1.82) is 0 Å².